The average molecular weight is 994 g/mol. The Balaban J connectivity index is 1.65. The molecule has 0 saturated carbocycles. The number of aromatic nitrogens is 3. The number of nitrogens with zero attached hydrogens (tertiary/aromatic N) is 5. The molecule has 1 heterocycles. The van der Waals surface area contributed by atoms with Crippen LogP contribution in [0.15, 0.2) is 89.3 Å². The molecule has 1 aromatic heterocycles. The van der Waals surface area contributed by atoms with Gasteiger partial charge < -0.3 is 15.7 Å². The molecule has 0 aliphatic rings. The minimum atomic E-state index is -5.55. The first-order chi connectivity index (χ1) is 27.8. The largest absolute Gasteiger partial charge is 0.505 e. The summed E-state index contributed by atoms with van der Waals surface area (Å²) in [6, 6.07) is 6.31. The van der Waals surface area contributed by atoms with Gasteiger partial charge in [0.15, 0.2) is 15.6 Å². The van der Waals surface area contributed by atoms with Crippen molar-refractivity contribution >= 4 is 118 Å². The summed E-state index contributed by atoms with van der Waals surface area (Å²) in [5.74, 6) is -5.20. The maximum Gasteiger partial charge on any atom is 0.397 e. The van der Waals surface area contributed by atoms with Crippen molar-refractivity contribution in [2.24, 2.45) is 10.2 Å². The van der Waals surface area contributed by atoms with E-state index in [1.807, 2.05) is 0 Å². The number of azo groups is 1. The van der Waals surface area contributed by atoms with Gasteiger partial charge in [-0.2, -0.15) is 57.0 Å². The molecule has 0 spiro atoms. The van der Waals surface area contributed by atoms with Gasteiger partial charge in [-0.3, -0.25) is 22.8 Å². The van der Waals surface area contributed by atoms with E-state index in [1.165, 1.54) is 12.1 Å². The lowest BCUT2D eigenvalue weighted by Gasteiger charge is -2.15. The molecule has 0 unspecified atom stereocenters. The number of anilines is 4. The van der Waals surface area contributed by atoms with Crippen molar-refractivity contribution in [1.82, 2.24) is 15.0 Å². The van der Waals surface area contributed by atoms with Crippen LogP contribution < -0.4 is 10.6 Å². The normalized spacial score (nSPS) is 13.2. The molecular formula is C27H21ClFN7O19S6. The van der Waals surface area contributed by atoms with Crippen molar-refractivity contribution in [2.75, 3.05) is 23.0 Å². The predicted octanol–water partition coefficient (Wildman–Crippen LogP) is 3.01. The molecule has 0 aliphatic heterocycles. The van der Waals surface area contributed by atoms with E-state index < -0.39 is 149 Å². The first-order valence-corrected chi connectivity index (χ1v) is 24.4. The molecule has 0 bridgehead atoms. The van der Waals surface area contributed by atoms with Crippen LogP contribution in [0.4, 0.5) is 39.0 Å². The van der Waals surface area contributed by atoms with E-state index in [0.717, 1.165) is 12.1 Å². The second kappa shape index (κ2) is 16.6. The van der Waals surface area contributed by atoms with Crippen molar-refractivity contribution in [3.05, 3.63) is 65.7 Å². The fourth-order valence-electron chi connectivity index (χ4n) is 4.96. The molecule has 0 fully saturated rings. The standard InChI is InChI=1S/C27H21ClFN7O19S6/c28-25-32-26(30-13-2-1-3-14(8-13)56(38,39)5-4-55-61(52,53)54)34-27(33-25)31-18-9-15(57(40,41)42)6-12-7-21(60(49,50)51)23(24(37)22(12)18)36-35-17-10-16(29)19(58(43,44)45)11-20(17)59(46,47)48/h1-3,6-11,37H,4-5H2,(H,40,41,42)(H,43,44,45)(H,46,47,48)(H,49,50,51)(H,52,53,54)(H2,30,31,32,33,34). The third-order valence-corrected chi connectivity index (χ3v) is 13.2. The zero-order chi connectivity index (χ0) is 45.7. The first-order valence-electron chi connectivity index (χ1n) is 15.2. The third-order valence-electron chi connectivity index (χ3n) is 7.41. The number of hydrogen-bond acceptors (Lipinski definition) is 21. The summed E-state index contributed by atoms with van der Waals surface area (Å²) in [6.07, 6.45) is 0. The maximum atomic E-state index is 14.6. The van der Waals surface area contributed by atoms with Crippen molar-refractivity contribution < 1.29 is 87.0 Å². The van der Waals surface area contributed by atoms with Crippen LogP contribution in [0.2, 0.25) is 5.28 Å². The lowest BCUT2D eigenvalue weighted by Crippen LogP contribution is -2.15. The van der Waals surface area contributed by atoms with Gasteiger partial charge in [-0.15, -0.1) is 10.2 Å². The minimum Gasteiger partial charge on any atom is -0.505 e. The molecule has 8 N–H and O–H groups in total. The van der Waals surface area contributed by atoms with Gasteiger partial charge in [0, 0.05) is 17.1 Å². The van der Waals surface area contributed by atoms with E-state index in [9.17, 15) is 78.2 Å². The molecule has 328 valence electrons. The van der Waals surface area contributed by atoms with Crippen LogP contribution in [-0.4, -0.2) is 106 Å². The van der Waals surface area contributed by atoms with Gasteiger partial charge in [-0.1, -0.05) is 6.07 Å². The monoisotopic (exact) mass is 993 g/mol. The van der Waals surface area contributed by atoms with Crippen LogP contribution in [-0.2, 0) is 64.9 Å². The van der Waals surface area contributed by atoms with Crippen LogP contribution in [0, 0.1) is 5.82 Å². The van der Waals surface area contributed by atoms with Crippen LogP contribution >= 0.6 is 11.6 Å². The quantitative estimate of drug-likeness (QED) is 0.0552. The molecule has 26 nitrogen and oxygen atoms in total. The molecule has 34 heteroatoms. The predicted molar refractivity (Wildman–Crippen MR) is 203 cm³/mol. The van der Waals surface area contributed by atoms with E-state index in [-0.39, 0.29) is 22.7 Å². The number of nitrogens with one attached hydrogen (secondary N) is 2. The van der Waals surface area contributed by atoms with E-state index in [1.54, 1.807) is 0 Å². The van der Waals surface area contributed by atoms with Crippen LogP contribution in [0.3, 0.4) is 0 Å². The van der Waals surface area contributed by atoms with Gasteiger partial charge in [-0.25, -0.2) is 17.0 Å². The number of hydrogen-bond donors (Lipinski definition) is 8. The molecule has 0 aliphatic carbocycles. The van der Waals surface area contributed by atoms with Gasteiger partial charge in [0.2, 0.25) is 17.2 Å². The number of fused-ring (bicyclic) bond motifs is 1. The summed E-state index contributed by atoms with van der Waals surface area (Å²) in [4.78, 5) is 5.66. The Morgan fingerprint density at radius 3 is 1.85 bits per heavy atom. The highest BCUT2D eigenvalue weighted by molar-refractivity contribution is 7.91. The summed E-state index contributed by atoms with van der Waals surface area (Å²) in [5, 5.41) is 21.2. The van der Waals surface area contributed by atoms with Gasteiger partial charge in [0.1, 0.15) is 31.9 Å². The van der Waals surface area contributed by atoms with Crippen LogP contribution in [0.25, 0.3) is 10.8 Å². The SMILES string of the molecule is O=S(=O)(O)OCCS(=O)(=O)c1cccc(Nc2nc(Cl)nc(Nc3cc(S(=O)(=O)O)cc4cc(S(=O)(=O)O)c(N=Nc5cc(F)c(S(=O)(=O)O)cc5S(=O)(=O)O)c(O)c34)n2)c1. The van der Waals surface area contributed by atoms with Crippen LogP contribution in [0.5, 0.6) is 5.75 Å². The van der Waals surface area contributed by atoms with Crippen molar-refractivity contribution in [2.45, 2.75) is 24.5 Å². The number of sulfone groups is 1. The van der Waals surface area contributed by atoms with Crippen LogP contribution in [0.1, 0.15) is 0 Å². The van der Waals surface area contributed by atoms with E-state index in [4.69, 9.17) is 16.2 Å². The van der Waals surface area contributed by atoms with Crippen molar-refractivity contribution in [3.63, 3.8) is 0 Å². The lowest BCUT2D eigenvalue weighted by atomic mass is 10.1. The highest BCUT2D eigenvalue weighted by Gasteiger charge is 2.28. The first kappa shape index (κ1) is 46.9. The fourth-order valence-corrected chi connectivity index (χ4v) is 9.13. The highest BCUT2D eigenvalue weighted by Crippen LogP contribution is 2.46. The number of phenols is 1. The van der Waals surface area contributed by atoms with Crippen molar-refractivity contribution in [3.8, 4) is 5.75 Å². The summed E-state index contributed by atoms with van der Waals surface area (Å²) in [6.45, 7) is -0.941. The molecule has 4 aromatic carbocycles. The molecule has 0 radical (unpaired) electrons. The average Bonchev–Trinajstić information content (AvgIpc) is 3.08. The Morgan fingerprint density at radius 2 is 1.28 bits per heavy atom. The molecule has 61 heavy (non-hydrogen) atoms. The zero-order valence-electron chi connectivity index (χ0n) is 29.0. The smallest absolute Gasteiger partial charge is 0.397 e. The molecule has 5 rings (SSSR count). The maximum absolute atomic E-state index is 14.6. The Hall–Kier alpha value is -5.17. The highest BCUT2D eigenvalue weighted by atomic mass is 35.5. The second-order valence-corrected chi connectivity index (χ2v) is 20.7. The molecule has 0 atom stereocenters. The topological polar surface area (TPSA) is 423 Å². The fraction of sp³-hybridized carbons (Fsp3) is 0.0741. The Morgan fingerprint density at radius 1 is 0.672 bits per heavy atom. The van der Waals surface area contributed by atoms with E-state index >= 15 is 0 Å². The Labute approximate surface area is 347 Å². The Bertz CT molecular complexity index is 3380. The molecule has 5 aromatic rings. The van der Waals surface area contributed by atoms with Crippen molar-refractivity contribution in [1.29, 1.82) is 0 Å². The summed E-state index contributed by atoms with van der Waals surface area (Å²) in [5.41, 5.74) is -3.24. The number of aromatic hydroxyl groups is 1. The zero-order valence-corrected chi connectivity index (χ0v) is 34.7. The summed E-state index contributed by atoms with van der Waals surface area (Å²) >= 11 is 6.06. The third kappa shape index (κ3) is 11.4. The van der Waals surface area contributed by atoms with Gasteiger partial charge in [-0.05, 0) is 59.5 Å². The number of benzene rings is 4. The van der Waals surface area contributed by atoms with Gasteiger partial charge >= 0.3 is 10.4 Å². The lowest BCUT2D eigenvalue weighted by molar-refractivity contribution is 0.284. The second-order valence-electron chi connectivity index (χ2n) is 11.6. The molecule has 0 saturated heterocycles. The number of rotatable bonds is 15. The number of halogens is 2. The van der Waals surface area contributed by atoms with Gasteiger partial charge in [0.05, 0.1) is 27.8 Å². The molecular weight excluding hydrogens is 973 g/mol. The van der Waals surface area contributed by atoms with E-state index in [0.29, 0.717) is 18.2 Å². The summed E-state index contributed by atoms with van der Waals surface area (Å²) in [7, 11) is -30.9. The minimum absolute atomic E-state index is 0.0142. The Kier molecular flexibility index (Phi) is 12.8. The number of phenolic OH excluding ortho intramolecular Hbond substituents is 1. The summed E-state index contributed by atoms with van der Waals surface area (Å²) < 4.78 is 210. The van der Waals surface area contributed by atoms with E-state index in [2.05, 4.69) is 40.0 Å². The van der Waals surface area contributed by atoms with Gasteiger partial charge in [0.25, 0.3) is 40.5 Å². The molecule has 0 amide bonds.